The van der Waals surface area contributed by atoms with Crippen LogP contribution < -0.4 is 5.32 Å². The van der Waals surface area contributed by atoms with Crippen molar-refractivity contribution in [2.75, 3.05) is 7.05 Å². The molecule has 2 unspecified atom stereocenters. The highest BCUT2D eigenvalue weighted by Crippen LogP contribution is 2.43. The first kappa shape index (κ1) is 12.1. The van der Waals surface area contributed by atoms with E-state index in [2.05, 4.69) is 38.5 Å². The first-order valence-corrected chi connectivity index (χ1v) is 7.10. The lowest BCUT2D eigenvalue weighted by molar-refractivity contribution is 0.357. The van der Waals surface area contributed by atoms with Crippen molar-refractivity contribution in [3.63, 3.8) is 0 Å². The molecule has 0 spiro atoms. The van der Waals surface area contributed by atoms with Crippen LogP contribution in [0.25, 0.3) is 0 Å². The van der Waals surface area contributed by atoms with E-state index in [-0.39, 0.29) is 5.54 Å². The summed E-state index contributed by atoms with van der Waals surface area (Å²) >= 11 is 1.83. The Hall–Kier alpha value is -0.410. The van der Waals surface area contributed by atoms with Gasteiger partial charge in [-0.1, -0.05) is 20.8 Å². The summed E-state index contributed by atoms with van der Waals surface area (Å²) < 4.78 is 0. The standard InChI is InChI=1S/C13H22N2S/c1-9(2)11-8-16-12(15-11)13(14-4)6-5-10(3)7-13/h8-10,14H,5-7H2,1-4H3. The summed E-state index contributed by atoms with van der Waals surface area (Å²) in [5, 5.41) is 7.04. The van der Waals surface area contributed by atoms with E-state index in [1.807, 2.05) is 11.3 Å². The lowest BCUT2D eigenvalue weighted by Gasteiger charge is -2.26. The second kappa shape index (κ2) is 4.46. The molecule has 1 aromatic heterocycles. The number of rotatable bonds is 3. The van der Waals surface area contributed by atoms with Gasteiger partial charge in [-0.15, -0.1) is 11.3 Å². The van der Waals surface area contributed by atoms with Crippen LogP contribution in [0.3, 0.4) is 0 Å². The maximum absolute atomic E-state index is 4.83. The molecule has 0 aromatic carbocycles. The highest BCUT2D eigenvalue weighted by Gasteiger charge is 2.39. The third kappa shape index (κ3) is 2.03. The molecule has 1 saturated carbocycles. The summed E-state index contributed by atoms with van der Waals surface area (Å²) in [6.45, 7) is 6.76. The van der Waals surface area contributed by atoms with E-state index < -0.39 is 0 Å². The second-order valence-corrected chi connectivity index (χ2v) is 6.27. The zero-order valence-corrected chi connectivity index (χ0v) is 11.5. The maximum Gasteiger partial charge on any atom is 0.113 e. The minimum Gasteiger partial charge on any atom is -0.308 e. The van der Waals surface area contributed by atoms with Crippen LogP contribution >= 0.6 is 11.3 Å². The summed E-state index contributed by atoms with van der Waals surface area (Å²) in [6.07, 6.45) is 3.78. The second-order valence-electron chi connectivity index (χ2n) is 5.41. The van der Waals surface area contributed by atoms with Crippen molar-refractivity contribution in [3.05, 3.63) is 16.1 Å². The molecular weight excluding hydrogens is 216 g/mol. The van der Waals surface area contributed by atoms with Crippen molar-refractivity contribution in [2.24, 2.45) is 5.92 Å². The predicted molar refractivity (Wildman–Crippen MR) is 70.0 cm³/mol. The molecule has 1 fully saturated rings. The molecule has 0 radical (unpaired) electrons. The van der Waals surface area contributed by atoms with Crippen molar-refractivity contribution in [3.8, 4) is 0 Å². The number of hydrogen-bond acceptors (Lipinski definition) is 3. The maximum atomic E-state index is 4.83. The van der Waals surface area contributed by atoms with Gasteiger partial charge < -0.3 is 5.32 Å². The lowest BCUT2D eigenvalue weighted by Crippen LogP contribution is -2.37. The van der Waals surface area contributed by atoms with E-state index >= 15 is 0 Å². The van der Waals surface area contributed by atoms with Crippen molar-refractivity contribution in [1.82, 2.24) is 10.3 Å². The lowest BCUT2D eigenvalue weighted by atomic mass is 9.97. The fourth-order valence-electron chi connectivity index (χ4n) is 2.59. The summed E-state index contributed by atoms with van der Waals surface area (Å²) in [5.41, 5.74) is 1.41. The molecule has 2 rings (SSSR count). The molecule has 0 saturated heterocycles. The molecule has 90 valence electrons. The Morgan fingerprint density at radius 1 is 1.56 bits per heavy atom. The highest BCUT2D eigenvalue weighted by molar-refractivity contribution is 7.09. The Morgan fingerprint density at radius 2 is 2.31 bits per heavy atom. The topological polar surface area (TPSA) is 24.9 Å². The number of hydrogen-bond donors (Lipinski definition) is 1. The van der Waals surface area contributed by atoms with Gasteiger partial charge >= 0.3 is 0 Å². The predicted octanol–water partition coefficient (Wildman–Crippen LogP) is 3.50. The number of nitrogens with one attached hydrogen (secondary N) is 1. The van der Waals surface area contributed by atoms with Crippen LogP contribution in [0, 0.1) is 5.92 Å². The zero-order chi connectivity index (χ0) is 11.8. The van der Waals surface area contributed by atoms with Gasteiger partial charge in [-0.3, -0.25) is 0 Å². The van der Waals surface area contributed by atoms with E-state index in [1.54, 1.807) is 0 Å². The van der Waals surface area contributed by atoms with Gasteiger partial charge in [-0.05, 0) is 38.1 Å². The van der Waals surface area contributed by atoms with Gasteiger partial charge in [0.2, 0.25) is 0 Å². The molecule has 1 N–H and O–H groups in total. The summed E-state index contributed by atoms with van der Waals surface area (Å²) in [5.74, 6) is 1.36. The molecule has 1 aliphatic carbocycles. The van der Waals surface area contributed by atoms with Crippen molar-refractivity contribution in [1.29, 1.82) is 0 Å². The quantitative estimate of drug-likeness (QED) is 0.872. The Morgan fingerprint density at radius 3 is 2.75 bits per heavy atom. The van der Waals surface area contributed by atoms with Crippen LogP contribution in [0.15, 0.2) is 5.38 Å². The molecule has 0 aliphatic heterocycles. The average Bonchev–Trinajstić information content (AvgIpc) is 2.84. The molecule has 2 atom stereocenters. The highest BCUT2D eigenvalue weighted by atomic mass is 32.1. The zero-order valence-electron chi connectivity index (χ0n) is 10.7. The molecule has 0 bridgehead atoms. The van der Waals surface area contributed by atoms with Crippen molar-refractivity contribution >= 4 is 11.3 Å². The normalized spacial score (nSPS) is 30.2. The third-order valence-corrected chi connectivity index (χ3v) is 4.83. The van der Waals surface area contributed by atoms with Gasteiger partial charge in [0.1, 0.15) is 5.01 Å². The van der Waals surface area contributed by atoms with Gasteiger partial charge in [-0.2, -0.15) is 0 Å². The number of thiazole rings is 1. The molecule has 2 nitrogen and oxygen atoms in total. The molecule has 1 heterocycles. The van der Waals surface area contributed by atoms with E-state index in [9.17, 15) is 0 Å². The monoisotopic (exact) mass is 238 g/mol. The van der Waals surface area contributed by atoms with Gasteiger partial charge in [-0.25, -0.2) is 4.98 Å². The van der Waals surface area contributed by atoms with Crippen LogP contribution in [0.4, 0.5) is 0 Å². The Kier molecular flexibility index (Phi) is 3.36. The van der Waals surface area contributed by atoms with Crippen molar-refractivity contribution in [2.45, 2.75) is 51.5 Å². The molecule has 0 amide bonds. The largest absolute Gasteiger partial charge is 0.308 e. The average molecular weight is 238 g/mol. The Bertz CT molecular complexity index is 359. The van der Waals surface area contributed by atoms with Crippen LogP contribution in [0.5, 0.6) is 0 Å². The minimum absolute atomic E-state index is 0.164. The minimum atomic E-state index is 0.164. The Labute approximate surface area is 102 Å². The molecule has 3 heteroatoms. The van der Waals surface area contributed by atoms with E-state index in [0.717, 1.165) is 5.92 Å². The van der Waals surface area contributed by atoms with Gasteiger partial charge in [0.15, 0.2) is 0 Å². The van der Waals surface area contributed by atoms with Gasteiger partial charge in [0.05, 0.1) is 11.2 Å². The number of aromatic nitrogens is 1. The molecule has 1 aliphatic rings. The first-order chi connectivity index (χ1) is 7.57. The Balaban J connectivity index is 2.26. The SMILES string of the molecule is CNC1(c2nc(C(C)C)cs2)CCC(C)C1. The fraction of sp³-hybridized carbons (Fsp3) is 0.769. The number of nitrogens with zero attached hydrogens (tertiary/aromatic N) is 1. The first-order valence-electron chi connectivity index (χ1n) is 6.22. The van der Waals surface area contributed by atoms with Gasteiger partial charge in [0.25, 0.3) is 0 Å². The van der Waals surface area contributed by atoms with E-state index in [0.29, 0.717) is 5.92 Å². The van der Waals surface area contributed by atoms with Crippen LogP contribution in [0.2, 0.25) is 0 Å². The smallest absolute Gasteiger partial charge is 0.113 e. The summed E-state index contributed by atoms with van der Waals surface area (Å²) in [7, 11) is 2.08. The van der Waals surface area contributed by atoms with Crippen LogP contribution in [0.1, 0.15) is 56.7 Å². The molecule has 16 heavy (non-hydrogen) atoms. The van der Waals surface area contributed by atoms with E-state index in [4.69, 9.17) is 4.98 Å². The summed E-state index contributed by atoms with van der Waals surface area (Å²) in [6, 6.07) is 0. The van der Waals surface area contributed by atoms with Crippen molar-refractivity contribution < 1.29 is 0 Å². The van der Waals surface area contributed by atoms with Crippen LogP contribution in [-0.2, 0) is 5.54 Å². The summed E-state index contributed by atoms with van der Waals surface area (Å²) in [4.78, 5) is 4.83. The molecular formula is C13H22N2S. The fourth-order valence-corrected chi connectivity index (χ4v) is 3.82. The molecule has 1 aromatic rings. The van der Waals surface area contributed by atoms with Crippen LogP contribution in [-0.4, -0.2) is 12.0 Å². The van der Waals surface area contributed by atoms with Gasteiger partial charge in [0, 0.05) is 5.38 Å². The van der Waals surface area contributed by atoms with E-state index in [1.165, 1.54) is 30.0 Å². The third-order valence-electron chi connectivity index (χ3n) is 3.76.